The van der Waals surface area contributed by atoms with Crippen molar-refractivity contribution < 1.29 is 23.8 Å². The zero-order valence-corrected chi connectivity index (χ0v) is 22.9. The first-order valence-corrected chi connectivity index (χ1v) is 13.2. The van der Waals surface area contributed by atoms with Crippen LogP contribution in [0, 0.1) is 6.92 Å². The van der Waals surface area contributed by atoms with Crippen LogP contribution in [0.4, 0.5) is 11.4 Å². The minimum absolute atomic E-state index is 0.163. The van der Waals surface area contributed by atoms with Crippen molar-refractivity contribution in [2.75, 3.05) is 30.5 Å². The summed E-state index contributed by atoms with van der Waals surface area (Å²) >= 11 is 0. The molecule has 0 spiro atoms. The summed E-state index contributed by atoms with van der Waals surface area (Å²) in [6, 6.07) is 18.4. The van der Waals surface area contributed by atoms with Gasteiger partial charge in [0.1, 0.15) is 17.2 Å². The van der Waals surface area contributed by atoms with Crippen molar-refractivity contribution in [2.24, 2.45) is 0 Å². The van der Waals surface area contributed by atoms with Gasteiger partial charge in [0.25, 0.3) is 5.91 Å². The van der Waals surface area contributed by atoms with E-state index in [1.165, 1.54) is 11.1 Å². The van der Waals surface area contributed by atoms with E-state index in [0.717, 1.165) is 5.75 Å². The van der Waals surface area contributed by atoms with Crippen molar-refractivity contribution in [2.45, 2.75) is 53.4 Å². The monoisotopic (exact) mass is 518 g/mol. The number of hydrogen-bond acceptors (Lipinski definition) is 5. The van der Waals surface area contributed by atoms with E-state index in [9.17, 15) is 9.59 Å². The smallest absolute Gasteiger partial charge is 0.255 e. The molecule has 7 heteroatoms. The molecule has 0 aliphatic heterocycles. The van der Waals surface area contributed by atoms with Crippen molar-refractivity contribution in [3.05, 3.63) is 77.4 Å². The molecule has 202 valence electrons. The minimum atomic E-state index is -0.264. The van der Waals surface area contributed by atoms with E-state index in [1.54, 1.807) is 36.4 Å². The molecule has 2 amide bonds. The second-order valence-electron chi connectivity index (χ2n) is 9.20. The zero-order chi connectivity index (χ0) is 27.5. The lowest BCUT2D eigenvalue weighted by atomic mass is 9.98. The highest BCUT2D eigenvalue weighted by Gasteiger charge is 2.17. The highest BCUT2D eigenvalue weighted by atomic mass is 16.5. The standard InChI is InChI=1S/C31H38N2O5/c1-6-36-28-20-27(33-31(35)23-12-9-8-10-13-23)29(37-7-2)19-26(28)32-30(34)14-11-17-38-24-15-16-25(21(3)4)22(5)18-24/h8-10,12-13,15-16,18-21H,6-7,11,14,17H2,1-5H3,(H,32,34)(H,33,35). The highest BCUT2D eigenvalue weighted by Crippen LogP contribution is 2.37. The van der Waals surface area contributed by atoms with Crippen LogP contribution in [0.1, 0.15) is 67.9 Å². The summed E-state index contributed by atoms with van der Waals surface area (Å²) in [5.74, 6) is 1.74. The van der Waals surface area contributed by atoms with Crippen LogP contribution < -0.4 is 24.8 Å². The number of aryl methyl sites for hydroxylation is 1. The fourth-order valence-electron chi connectivity index (χ4n) is 4.11. The Bertz CT molecular complexity index is 1220. The van der Waals surface area contributed by atoms with Crippen molar-refractivity contribution in [1.82, 2.24) is 0 Å². The summed E-state index contributed by atoms with van der Waals surface area (Å²) in [4.78, 5) is 25.5. The van der Waals surface area contributed by atoms with Gasteiger partial charge in [-0.15, -0.1) is 0 Å². The largest absolute Gasteiger partial charge is 0.494 e. The second kappa shape index (κ2) is 14.1. The Morgan fingerprint density at radius 2 is 1.45 bits per heavy atom. The summed E-state index contributed by atoms with van der Waals surface area (Å²) in [6.45, 7) is 11.4. The van der Waals surface area contributed by atoms with E-state index in [2.05, 4.69) is 37.5 Å². The molecule has 38 heavy (non-hydrogen) atoms. The molecule has 3 aromatic rings. The SMILES string of the molecule is CCOc1cc(NC(=O)c2ccccc2)c(OCC)cc1NC(=O)CCCOc1ccc(C(C)C)c(C)c1. The Balaban J connectivity index is 1.64. The van der Waals surface area contributed by atoms with E-state index in [1.807, 2.05) is 32.0 Å². The van der Waals surface area contributed by atoms with Gasteiger partial charge in [0.15, 0.2) is 0 Å². The topological polar surface area (TPSA) is 85.9 Å². The molecular weight excluding hydrogens is 480 g/mol. The van der Waals surface area contributed by atoms with Crippen molar-refractivity contribution >= 4 is 23.2 Å². The van der Waals surface area contributed by atoms with Gasteiger partial charge in [0.05, 0.1) is 31.2 Å². The number of rotatable bonds is 13. The van der Waals surface area contributed by atoms with E-state index < -0.39 is 0 Å². The molecule has 2 N–H and O–H groups in total. The lowest BCUT2D eigenvalue weighted by Crippen LogP contribution is -2.16. The van der Waals surface area contributed by atoms with Crippen LogP contribution in [0.3, 0.4) is 0 Å². The summed E-state index contributed by atoms with van der Waals surface area (Å²) < 4.78 is 17.4. The molecule has 0 heterocycles. The van der Waals surface area contributed by atoms with Gasteiger partial charge in [-0.1, -0.05) is 38.1 Å². The summed E-state index contributed by atoms with van der Waals surface area (Å²) in [5.41, 5.74) is 3.98. The van der Waals surface area contributed by atoms with Crippen LogP contribution >= 0.6 is 0 Å². The predicted octanol–water partition coefficient (Wildman–Crippen LogP) is 6.97. The quantitative estimate of drug-likeness (QED) is 0.239. The lowest BCUT2D eigenvalue weighted by molar-refractivity contribution is -0.116. The summed E-state index contributed by atoms with van der Waals surface area (Å²) in [7, 11) is 0. The van der Waals surface area contributed by atoms with Crippen molar-refractivity contribution in [3.8, 4) is 17.2 Å². The Morgan fingerprint density at radius 3 is 2.03 bits per heavy atom. The molecule has 0 atom stereocenters. The zero-order valence-electron chi connectivity index (χ0n) is 22.9. The van der Waals surface area contributed by atoms with Crippen LogP contribution in [-0.2, 0) is 4.79 Å². The Morgan fingerprint density at radius 1 is 0.816 bits per heavy atom. The average Bonchev–Trinajstić information content (AvgIpc) is 2.89. The Hall–Kier alpha value is -4.00. The highest BCUT2D eigenvalue weighted by molar-refractivity contribution is 6.05. The fourth-order valence-corrected chi connectivity index (χ4v) is 4.11. The number of anilines is 2. The van der Waals surface area contributed by atoms with Gasteiger partial charge in [0.2, 0.25) is 5.91 Å². The first kappa shape index (κ1) is 28.6. The molecule has 0 aliphatic carbocycles. The molecule has 0 unspecified atom stereocenters. The van der Waals surface area contributed by atoms with E-state index >= 15 is 0 Å². The number of benzene rings is 3. The van der Waals surface area contributed by atoms with E-state index in [0.29, 0.717) is 60.6 Å². The predicted molar refractivity (Wildman–Crippen MR) is 152 cm³/mol. The van der Waals surface area contributed by atoms with E-state index in [-0.39, 0.29) is 18.2 Å². The van der Waals surface area contributed by atoms with Gasteiger partial charge in [0, 0.05) is 24.1 Å². The van der Waals surface area contributed by atoms with Crippen molar-refractivity contribution in [1.29, 1.82) is 0 Å². The molecule has 0 radical (unpaired) electrons. The molecule has 0 saturated heterocycles. The van der Waals surface area contributed by atoms with Crippen LogP contribution in [0.5, 0.6) is 17.2 Å². The van der Waals surface area contributed by atoms with Gasteiger partial charge in [-0.05, 0) is 68.5 Å². The summed E-state index contributed by atoms with van der Waals surface area (Å²) in [6.07, 6.45) is 0.843. The average molecular weight is 519 g/mol. The van der Waals surface area contributed by atoms with Crippen molar-refractivity contribution in [3.63, 3.8) is 0 Å². The number of hydrogen-bond donors (Lipinski definition) is 2. The molecule has 0 aliphatic rings. The van der Waals surface area contributed by atoms with Gasteiger partial charge in [-0.25, -0.2) is 0 Å². The lowest BCUT2D eigenvalue weighted by Gasteiger charge is -2.18. The Labute approximate surface area is 225 Å². The molecule has 0 saturated carbocycles. The van der Waals surface area contributed by atoms with Crippen LogP contribution in [0.25, 0.3) is 0 Å². The molecule has 0 bridgehead atoms. The van der Waals surface area contributed by atoms with E-state index in [4.69, 9.17) is 14.2 Å². The molecular formula is C31H38N2O5. The normalized spacial score (nSPS) is 10.7. The molecule has 3 rings (SSSR count). The molecule has 3 aromatic carbocycles. The maximum absolute atomic E-state index is 12.7. The van der Waals surface area contributed by atoms with Gasteiger partial charge < -0.3 is 24.8 Å². The third-order valence-corrected chi connectivity index (χ3v) is 5.92. The Kier molecular flexibility index (Phi) is 10.6. The molecule has 0 aromatic heterocycles. The van der Waals surface area contributed by atoms with Gasteiger partial charge >= 0.3 is 0 Å². The maximum Gasteiger partial charge on any atom is 0.255 e. The number of carbonyl (C=O) groups excluding carboxylic acids is 2. The molecule has 7 nitrogen and oxygen atoms in total. The first-order valence-electron chi connectivity index (χ1n) is 13.2. The van der Waals surface area contributed by atoms with Gasteiger partial charge in [-0.2, -0.15) is 0 Å². The summed E-state index contributed by atoms with van der Waals surface area (Å²) in [5, 5.41) is 5.81. The first-order chi connectivity index (χ1) is 18.3. The third kappa shape index (κ3) is 8.00. The molecule has 0 fully saturated rings. The minimum Gasteiger partial charge on any atom is -0.494 e. The third-order valence-electron chi connectivity index (χ3n) is 5.92. The van der Waals surface area contributed by atoms with Gasteiger partial charge in [-0.3, -0.25) is 9.59 Å². The van der Waals surface area contributed by atoms with Crippen LogP contribution in [-0.4, -0.2) is 31.6 Å². The number of ether oxygens (including phenoxy) is 3. The second-order valence-corrected chi connectivity index (χ2v) is 9.20. The van der Waals surface area contributed by atoms with Crippen LogP contribution in [0.15, 0.2) is 60.7 Å². The fraction of sp³-hybridized carbons (Fsp3) is 0.355. The number of nitrogens with one attached hydrogen (secondary N) is 2. The van der Waals surface area contributed by atoms with Crippen LogP contribution in [0.2, 0.25) is 0 Å². The number of carbonyl (C=O) groups is 2. The number of amides is 2. The maximum atomic E-state index is 12.7.